The fourth-order valence-corrected chi connectivity index (χ4v) is 3.98. The van der Waals surface area contributed by atoms with E-state index in [0.29, 0.717) is 6.42 Å². The number of amides is 5. The highest BCUT2D eigenvalue weighted by Gasteiger charge is 2.32. The topological polar surface area (TPSA) is 229 Å². The van der Waals surface area contributed by atoms with E-state index in [-0.39, 0.29) is 18.3 Å². The predicted octanol–water partition coefficient (Wildman–Crippen LogP) is -3.60. The third kappa shape index (κ3) is 10.1. The number of carboxylic acid groups (broad SMARTS) is 1. The van der Waals surface area contributed by atoms with Crippen LogP contribution >= 0.6 is 11.8 Å². The van der Waals surface area contributed by atoms with Crippen molar-refractivity contribution in [1.82, 2.24) is 26.6 Å². The van der Waals surface area contributed by atoms with E-state index in [1.165, 1.54) is 6.92 Å². The molecule has 0 aliphatic carbocycles. The largest absolute Gasteiger partial charge is 0.480 e. The van der Waals surface area contributed by atoms with Gasteiger partial charge in [0, 0.05) is 18.3 Å². The van der Waals surface area contributed by atoms with Gasteiger partial charge in [-0.25, -0.2) is 0 Å². The lowest BCUT2D eigenvalue weighted by Crippen LogP contribution is -2.59. The van der Waals surface area contributed by atoms with E-state index in [9.17, 15) is 39.0 Å². The Morgan fingerprint density at radius 2 is 1.71 bits per heavy atom. The van der Waals surface area contributed by atoms with Crippen molar-refractivity contribution < 1.29 is 39.0 Å². The Balaban J connectivity index is 3.27. The van der Waals surface area contributed by atoms with Crippen LogP contribution in [0.2, 0.25) is 0 Å². The molecule has 0 spiro atoms. The van der Waals surface area contributed by atoms with Crippen LogP contribution in [0.15, 0.2) is 0 Å². The van der Waals surface area contributed by atoms with Gasteiger partial charge >= 0.3 is 5.97 Å². The number of nitrogens with one attached hydrogen (secondary N) is 5. The molecule has 0 aromatic heterocycles. The van der Waals surface area contributed by atoms with Gasteiger partial charge in [-0.2, -0.15) is 0 Å². The molecule has 198 valence electrons. The quantitative estimate of drug-likeness (QED) is 0.165. The standard InChI is InChI=1S/C20H34N6O8S/c1-4-9(2)23-13-8-35-14(20(33)34)6-22-17(30)11(5-15(21)28)25-16(29)10(3)24-18(31)12(7-27)26-19(13)32/h9-14,23,27H,4-8H2,1-3H3,(H2,21,28)(H,22,30)(H,24,31)(H,25,29)(H,26,32)(H,33,34)/t9?,10?,11?,12?,13-,14?/m0/s1. The molecule has 1 aliphatic rings. The minimum Gasteiger partial charge on any atom is -0.480 e. The number of carboxylic acids is 1. The van der Waals surface area contributed by atoms with Crippen LogP contribution < -0.4 is 32.3 Å². The molecule has 9 N–H and O–H groups in total. The summed E-state index contributed by atoms with van der Waals surface area (Å²) in [4.78, 5) is 73.7. The highest BCUT2D eigenvalue weighted by Crippen LogP contribution is 2.14. The van der Waals surface area contributed by atoms with Gasteiger partial charge in [0.1, 0.15) is 23.4 Å². The Labute approximate surface area is 206 Å². The summed E-state index contributed by atoms with van der Waals surface area (Å²) < 4.78 is 0. The highest BCUT2D eigenvalue weighted by atomic mass is 32.2. The van der Waals surface area contributed by atoms with Gasteiger partial charge in [0.15, 0.2) is 0 Å². The second-order valence-electron chi connectivity index (χ2n) is 8.14. The Hall–Kier alpha value is -2.91. The van der Waals surface area contributed by atoms with Crippen molar-refractivity contribution in [2.24, 2.45) is 5.73 Å². The summed E-state index contributed by atoms with van der Waals surface area (Å²) in [6, 6.07) is -5.05. The van der Waals surface area contributed by atoms with E-state index in [4.69, 9.17) is 5.73 Å². The Morgan fingerprint density at radius 3 is 2.26 bits per heavy atom. The lowest BCUT2D eigenvalue weighted by atomic mass is 10.1. The molecule has 14 nitrogen and oxygen atoms in total. The summed E-state index contributed by atoms with van der Waals surface area (Å²) in [5.74, 6) is -5.35. The minimum absolute atomic E-state index is 0.0272. The van der Waals surface area contributed by atoms with E-state index in [1.807, 2.05) is 13.8 Å². The number of primary amides is 1. The third-order valence-electron chi connectivity index (χ3n) is 5.22. The molecule has 6 atom stereocenters. The SMILES string of the molecule is CCC(C)N[C@H]1CSC(C(=O)O)CNC(=O)C(CC(N)=O)NC(=O)C(C)NC(=O)C(CO)NC1=O. The average molecular weight is 519 g/mol. The van der Waals surface area contributed by atoms with Crippen molar-refractivity contribution in [1.29, 1.82) is 0 Å². The minimum atomic E-state index is -1.40. The molecule has 15 heteroatoms. The Kier molecular flexibility index (Phi) is 12.5. The van der Waals surface area contributed by atoms with Crippen LogP contribution in [0.4, 0.5) is 0 Å². The zero-order chi connectivity index (χ0) is 26.7. The van der Waals surface area contributed by atoms with Gasteiger partial charge in [-0.15, -0.1) is 11.8 Å². The van der Waals surface area contributed by atoms with E-state index in [0.717, 1.165) is 11.8 Å². The van der Waals surface area contributed by atoms with Crippen LogP contribution in [0.25, 0.3) is 0 Å². The number of nitrogens with two attached hydrogens (primary N) is 1. The lowest BCUT2D eigenvalue weighted by molar-refractivity contribution is -0.137. The summed E-state index contributed by atoms with van der Waals surface area (Å²) in [7, 11) is 0. The molecule has 35 heavy (non-hydrogen) atoms. The van der Waals surface area contributed by atoms with Gasteiger partial charge in [-0.3, -0.25) is 28.8 Å². The van der Waals surface area contributed by atoms with E-state index < -0.39 is 78.0 Å². The number of rotatable bonds is 7. The van der Waals surface area contributed by atoms with Crippen molar-refractivity contribution in [3.05, 3.63) is 0 Å². The molecule has 5 amide bonds. The van der Waals surface area contributed by atoms with Crippen molar-refractivity contribution in [3.8, 4) is 0 Å². The van der Waals surface area contributed by atoms with E-state index >= 15 is 0 Å². The summed E-state index contributed by atoms with van der Waals surface area (Å²) in [6.07, 6.45) is 0.101. The molecular formula is C20H34N6O8S. The van der Waals surface area contributed by atoms with Crippen molar-refractivity contribution in [2.75, 3.05) is 18.9 Å². The summed E-state index contributed by atoms with van der Waals surface area (Å²) in [5.41, 5.74) is 5.17. The van der Waals surface area contributed by atoms with Crippen molar-refractivity contribution in [2.45, 2.75) is 69.1 Å². The molecule has 1 aliphatic heterocycles. The molecule has 0 aromatic rings. The first-order valence-electron chi connectivity index (χ1n) is 11.1. The van der Waals surface area contributed by atoms with Crippen LogP contribution in [-0.2, 0) is 28.8 Å². The molecule has 1 rings (SSSR count). The number of aliphatic hydroxyl groups excluding tert-OH is 1. The molecule has 0 bridgehead atoms. The second kappa shape index (κ2) is 14.5. The molecule has 1 heterocycles. The fraction of sp³-hybridized carbons (Fsp3) is 0.700. The number of aliphatic hydroxyl groups is 1. The maximum Gasteiger partial charge on any atom is 0.318 e. The van der Waals surface area contributed by atoms with E-state index in [2.05, 4.69) is 26.6 Å². The zero-order valence-electron chi connectivity index (χ0n) is 19.8. The number of carbonyl (C=O) groups is 6. The number of carbonyl (C=O) groups excluding carboxylic acids is 5. The first-order chi connectivity index (χ1) is 16.4. The first kappa shape index (κ1) is 30.1. The fourth-order valence-electron chi connectivity index (χ4n) is 2.96. The number of aliphatic carboxylic acids is 1. The normalized spacial score (nSPS) is 28.2. The van der Waals surface area contributed by atoms with Gasteiger partial charge in [-0.05, 0) is 20.3 Å². The molecule has 0 aromatic carbocycles. The highest BCUT2D eigenvalue weighted by molar-refractivity contribution is 8.00. The second-order valence-corrected chi connectivity index (χ2v) is 9.38. The number of hydrogen-bond donors (Lipinski definition) is 8. The molecular weight excluding hydrogens is 484 g/mol. The number of thioether (sulfide) groups is 1. The van der Waals surface area contributed by atoms with Crippen LogP contribution in [0.3, 0.4) is 0 Å². The molecule has 5 unspecified atom stereocenters. The monoisotopic (exact) mass is 518 g/mol. The molecule has 1 saturated heterocycles. The van der Waals surface area contributed by atoms with Crippen molar-refractivity contribution >= 4 is 47.3 Å². The predicted molar refractivity (Wildman–Crippen MR) is 126 cm³/mol. The summed E-state index contributed by atoms with van der Waals surface area (Å²) >= 11 is 0.878. The van der Waals surface area contributed by atoms with Gasteiger partial charge in [0.25, 0.3) is 0 Å². The van der Waals surface area contributed by atoms with Gasteiger partial charge in [0.05, 0.1) is 19.1 Å². The number of hydrogen-bond acceptors (Lipinski definition) is 9. The molecule has 0 saturated carbocycles. The summed E-state index contributed by atoms with van der Waals surface area (Å²) in [5, 5.41) is 30.5. The summed E-state index contributed by atoms with van der Waals surface area (Å²) in [6.45, 7) is 3.89. The Bertz CT molecular complexity index is 812. The lowest BCUT2D eigenvalue weighted by Gasteiger charge is -2.27. The van der Waals surface area contributed by atoms with Crippen LogP contribution in [0, 0.1) is 0 Å². The Morgan fingerprint density at radius 1 is 1.09 bits per heavy atom. The smallest absolute Gasteiger partial charge is 0.318 e. The average Bonchev–Trinajstić information content (AvgIpc) is 2.79. The van der Waals surface area contributed by atoms with E-state index in [1.54, 1.807) is 0 Å². The first-order valence-corrected chi connectivity index (χ1v) is 12.1. The van der Waals surface area contributed by atoms with Crippen LogP contribution in [0.1, 0.15) is 33.6 Å². The van der Waals surface area contributed by atoms with Crippen molar-refractivity contribution in [3.63, 3.8) is 0 Å². The van der Waals surface area contributed by atoms with Gasteiger partial charge in [0.2, 0.25) is 29.5 Å². The zero-order valence-corrected chi connectivity index (χ0v) is 20.6. The maximum absolute atomic E-state index is 12.9. The van der Waals surface area contributed by atoms with Gasteiger partial charge in [-0.1, -0.05) is 6.92 Å². The van der Waals surface area contributed by atoms with Gasteiger partial charge < -0.3 is 42.5 Å². The third-order valence-corrected chi connectivity index (χ3v) is 6.52. The molecule has 0 radical (unpaired) electrons. The van der Waals surface area contributed by atoms with Crippen LogP contribution in [-0.4, -0.2) is 100 Å². The molecule has 1 fully saturated rings. The maximum atomic E-state index is 12.9. The van der Waals surface area contributed by atoms with Crippen LogP contribution in [0.5, 0.6) is 0 Å².